The maximum atomic E-state index is 12.2. The predicted octanol–water partition coefficient (Wildman–Crippen LogP) is 0.804. The molecular weight excluding hydrogens is 375 g/mol. The molecule has 0 radical (unpaired) electrons. The van der Waals surface area contributed by atoms with Crippen LogP contribution in [0, 0.1) is 0 Å². The standard InChI is InChI=1S/C14H22N4O3S.2ClH/c1-15-10-12-4-3-9-18(12)14(19)6-8-17-22(20,21)13-5-2-7-16-11-13;;/h2,5,7,11-12,15,17H,3-4,6,8-10H2,1H3;2*1H. The zero-order chi connectivity index (χ0) is 16.0. The van der Waals surface area contributed by atoms with Gasteiger partial charge in [-0.2, -0.15) is 0 Å². The lowest BCUT2D eigenvalue weighted by Gasteiger charge is -2.24. The number of pyridine rings is 1. The molecule has 0 aromatic carbocycles. The number of hydrogen-bond acceptors (Lipinski definition) is 5. The molecule has 1 aliphatic heterocycles. The van der Waals surface area contributed by atoms with Gasteiger partial charge >= 0.3 is 0 Å². The molecule has 138 valence electrons. The molecule has 2 N–H and O–H groups in total. The highest BCUT2D eigenvalue weighted by Crippen LogP contribution is 2.17. The zero-order valence-electron chi connectivity index (χ0n) is 13.5. The first-order valence-electron chi connectivity index (χ1n) is 7.38. The summed E-state index contributed by atoms with van der Waals surface area (Å²) in [6.45, 7) is 1.62. The average molecular weight is 399 g/mol. The van der Waals surface area contributed by atoms with E-state index in [1.54, 1.807) is 6.07 Å². The first kappa shape index (κ1) is 23.1. The number of hydrogen-bond donors (Lipinski definition) is 2. The Morgan fingerprint density at radius 1 is 1.42 bits per heavy atom. The fourth-order valence-electron chi connectivity index (χ4n) is 2.64. The Kier molecular flexibility index (Phi) is 10.4. The van der Waals surface area contributed by atoms with Gasteiger partial charge in [0.25, 0.3) is 0 Å². The van der Waals surface area contributed by atoms with Crippen molar-refractivity contribution in [3.05, 3.63) is 24.5 Å². The number of likely N-dealkylation sites (tertiary alicyclic amines) is 1. The molecule has 1 aliphatic rings. The molecule has 7 nitrogen and oxygen atoms in total. The third-order valence-corrected chi connectivity index (χ3v) is 5.16. The van der Waals surface area contributed by atoms with E-state index in [-0.39, 0.29) is 54.6 Å². The molecule has 10 heteroatoms. The van der Waals surface area contributed by atoms with Crippen LogP contribution in [0.4, 0.5) is 0 Å². The number of amides is 1. The smallest absolute Gasteiger partial charge is 0.242 e. The van der Waals surface area contributed by atoms with Crippen LogP contribution < -0.4 is 10.0 Å². The van der Waals surface area contributed by atoms with E-state index < -0.39 is 10.0 Å². The van der Waals surface area contributed by atoms with Gasteiger partial charge in [0.1, 0.15) is 4.90 Å². The van der Waals surface area contributed by atoms with Crippen LogP contribution >= 0.6 is 24.8 Å². The van der Waals surface area contributed by atoms with Crippen LogP contribution in [0.15, 0.2) is 29.4 Å². The van der Waals surface area contributed by atoms with Gasteiger partial charge in [0.2, 0.25) is 15.9 Å². The number of aromatic nitrogens is 1. The number of halogens is 2. The third kappa shape index (κ3) is 6.18. The van der Waals surface area contributed by atoms with Crippen LogP contribution in [-0.2, 0) is 14.8 Å². The second-order valence-electron chi connectivity index (χ2n) is 5.28. The van der Waals surface area contributed by atoms with Crippen LogP contribution in [0.5, 0.6) is 0 Å². The largest absolute Gasteiger partial charge is 0.338 e. The van der Waals surface area contributed by atoms with Crippen LogP contribution in [0.1, 0.15) is 19.3 Å². The second kappa shape index (κ2) is 10.8. The van der Waals surface area contributed by atoms with Gasteiger partial charge in [0.05, 0.1) is 0 Å². The molecule has 1 aromatic rings. The molecule has 1 fully saturated rings. The van der Waals surface area contributed by atoms with Crippen molar-refractivity contribution >= 4 is 40.7 Å². The van der Waals surface area contributed by atoms with Crippen molar-refractivity contribution in [2.24, 2.45) is 0 Å². The number of sulfonamides is 1. The molecule has 0 bridgehead atoms. The van der Waals surface area contributed by atoms with E-state index in [9.17, 15) is 13.2 Å². The van der Waals surface area contributed by atoms with E-state index in [1.165, 1.54) is 18.5 Å². The number of likely N-dealkylation sites (N-methyl/N-ethyl adjacent to an activating group) is 1. The van der Waals surface area contributed by atoms with E-state index in [1.807, 2.05) is 11.9 Å². The Labute approximate surface area is 155 Å². The van der Waals surface area contributed by atoms with E-state index in [4.69, 9.17) is 0 Å². The maximum Gasteiger partial charge on any atom is 0.242 e. The van der Waals surface area contributed by atoms with Gasteiger partial charge in [-0.05, 0) is 32.0 Å². The van der Waals surface area contributed by atoms with Crippen LogP contribution in [0.2, 0.25) is 0 Å². The highest BCUT2D eigenvalue weighted by molar-refractivity contribution is 7.89. The topological polar surface area (TPSA) is 91.4 Å². The first-order valence-corrected chi connectivity index (χ1v) is 8.86. The highest BCUT2D eigenvalue weighted by Gasteiger charge is 2.27. The lowest BCUT2D eigenvalue weighted by atomic mass is 10.2. The van der Waals surface area contributed by atoms with Gasteiger partial charge in [-0.15, -0.1) is 24.8 Å². The molecule has 1 aromatic heterocycles. The van der Waals surface area contributed by atoms with Crippen molar-refractivity contribution < 1.29 is 13.2 Å². The van der Waals surface area contributed by atoms with Crippen LogP contribution in [-0.4, -0.2) is 56.9 Å². The van der Waals surface area contributed by atoms with Crippen molar-refractivity contribution in [2.45, 2.75) is 30.2 Å². The Balaban J connectivity index is 0.00000264. The highest BCUT2D eigenvalue weighted by atomic mass is 35.5. The number of rotatable bonds is 7. The molecule has 0 aliphatic carbocycles. The molecule has 2 rings (SSSR count). The van der Waals surface area contributed by atoms with Gasteiger partial charge in [0.15, 0.2) is 0 Å². The van der Waals surface area contributed by atoms with Gasteiger partial charge < -0.3 is 10.2 Å². The quantitative estimate of drug-likeness (QED) is 0.708. The molecule has 24 heavy (non-hydrogen) atoms. The molecule has 0 saturated carbocycles. The summed E-state index contributed by atoms with van der Waals surface area (Å²) in [5.41, 5.74) is 0. The minimum atomic E-state index is -3.60. The molecular formula is C14H24Cl2N4O3S. The van der Waals surface area contributed by atoms with Crippen LogP contribution in [0.25, 0.3) is 0 Å². The summed E-state index contributed by atoms with van der Waals surface area (Å²) >= 11 is 0. The normalized spacial score (nSPS) is 17.0. The first-order chi connectivity index (χ1) is 10.5. The monoisotopic (exact) mass is 398 g/mol. The Bertz CT molecular complexity index is 601. The minimum absolute atomic E-state index is 0. The van der Waals surface area contributed by atoms with Crippen molar-refractivity contribution in [2.75, 3.05) is 26.7 Å². The van der Waals surface area contributed by atoms with Gasteiger partial charge in [-0.1, -0.05) is 0 Å². The Morgan fingerprint density at radius 2 is 2.17 bits per heavy atom. The SMILES string of the molecule is CNCC1CCCN1C(=O)CCNS(=O)(=O)c1cccnc1.Cl.Cl. The molecule has 1 amide bonds. The minimum Gasteiger partial charge on any atom is -0.338 e. The van der Waals surface area contributed by atoms with Crippen LogP contribution in [0.3, 0.4) is 0 Å². The van der Waals surface area contributed by atoms with Crippen molar-refractivity contribution in [1.29, 1.82) is 0 Å². The zero-order valence-corrected chi connectivity index (χ0v) is 15.9. The summed E-state index contributed by atoms with van der Waals surface area (Å²) in [6.07, 6.45) is 4.96. The van der Waals surface area contributed by atoms with Gasteiger partial charge in [0, 0.05) is 44.5 Å². The van der Waals surface area contributed by atoms with E-state index >= 15 is 0 Å². The fourth-order valence-corrected chi connectivity index (χ4v) is 3.63. The predicted molar refractivity (Wildman–Crippen MR) is 97.2 cm³/mol. The summed E-state index contributed by atoms with van der Waals surface area (Å²) < 4.78 is 26.5. The summed E-state index contributed by atoms with van der Waals surface area (Å²) in [5, 5.41) is 3.08. The average Bonchev–Trinajstić information content (AvgIpc) is 2.97. The molecule has 1 atom stereocenters. The number of carbonyl (C=O) groups is 1. The van der Waals surface area contributed by atoms with Crippen molar-refractivity contribution in [3.63, 3.8) is 0 Å². The second-order valence-corrected chi connectivity index (χ2v) is 7.04. The van der Waals surface area contributed by atoms with E-state index in [0.29, 0.717) is 0 Å². The Morgan fingerprint density at radius 3 is 2.79 bits per heavy atom. The third-order valence-electron chi connectivity index (χ3n) is 3.71. The molecule has 0 spiro atoms. The van der Waals surface area contributed by atoms with E-state index in [0.717, 1.165) is 25.9 Å². The lowest BCUT2D eigenvalue weighted by Crippen LogP contribution is -2.42. The van der Waals surface area contributed by atoms with Crippen molar-refractivity contribution in [3.8, 4) is 0 Å². The molecule has 1 unspecified atom stereocenters. The maximum absolute atomic E-state index is 12.2. The molecule has 2 heterocycles. The van der Waals surface area contributed by atoms with Crippen molar-refractivity contribution in [1.82, 2.24) is 19.9 Å². The Hall–Kier alpha value is -0.930. The summed E-state index contributed by atoms with van der Waals surface area (Å²) in [7, 11) is -1.73. The number of carbonyl (C=O) groups excluding carboxylic acids is 1. The summed E-state index contributed by atoms with van der Waals surface area (Å²) in [6, 6.07) is 3.25. The molecule has 1 saturated heterocycles. The lowest BCUT2D eigenvalue weighted by molar-refractivity contribution is -0.131. The summed E-state index contributed by atoms with van der Waals surface area (Å²) in [5.74, 6) is -0.00774. The van der Waals surface area contributed by atoms with Gasteiger partial charge in [-0.25, -0.2) is 13.1 Å². The van der Waals surface area contributed by atoms with Gasteiger partial charge in [-0.3, -0.25) is 9.78 Å². The number of nitrogens with one attached hydrogen (secondary N) is 2. The number of nitrogens with zero attached hydrogens (tertiary/aromatic N) is 2. The fraction of sp³-hybridized carbons (Fsp3) is 0.571. The van der Waals surface area contributed by atoms with E-state index in [2.05, 4.69) is 15.0 Å². The summed E-state index contributed by atoms with van der Waals surface area (Å²) in [4.78, 5) is 17.9.